The molecule has 0 amide bonds. The lowest BCUT2D eigenvalue weighted by Crippen LogP contribution is -2.27. The van der Waals surface area contributed by atoms with Crippen LogP contribution < -0.4 is 10.5 Å². The van der Waals surface area contributed by atoms with Crippen LogP contribution in [0.5, 0.6) is 5.75 Å². The molecule has 0 saturated carbocycles. The van der Waals surface area contributed by atoms with E-state index in [9.17, 15) is 0 Å². The van der Waals surface area contributed by atoms with Crippen LogP contribution in [0.3, 0.4) is 0 Å². The maximum Gasteiger partial charge on any atom is 0.122 e. The third-order valence-corrected chi connectivity index (χ3v) is 2.28. The van der Waals surface area contributed by atoms with E-state index in [-0.39, 0.29) is 6.10 Å². The molecule has 1 fully saturated rings. The molecular weight excluding hydrogens is 178 g/mol. The lowest BCUT2D eigenvalue weighted by atomic mass is 10.2. The van der Waals surface area contributed by atoms with Gasteiger partial charge in [-0.3, -0.25) is 0 Å². The fourth-order valence-corrected chi connectivity index (χ4v) is 1.58. The normalized spacial score (nSPS) is 21.9. The van der Waals surface area contributed by atoms with E-state index in [2.05, 4.69) is 0 Å². The second-order valence-electron chi connectivity index (χ2n) is 3.53. The molecule has 0 radical (unpaired) electrons. The summed E-state index contributed by atoms with van der Waals surface area (Å²) >= 11 is 0. The van der Waals surface area contributed by atoms with Crippen molar-refractivity contribution in [3.8, 4) is 5.75 Å². The Bertz CT molecular complexity index is 295. The Morgan fingerprint density at radius 3 is 3.07 bits per heavy atom. The predicted molar refractivity (Wildman–Crippen MR) is 55.3 cm³/mol. The van der Waals surface area contributed by atoms with Crippen LogP contribution >= 0.6 is 0 Å². The number of ether oxygens (including phenoxy) is 2. The molecule has 1 saturated heterocycles. The van der Waals surface area contributed by atoms with Gasteiger partial charge in [0.05, 0.1) is 6.61 Å². The molecule has 0 aliphatic carbocycles. The molecule has 1 aromatic rings. The molecule has 1 aliphatic heterocycles. The third kappa shape index (κ3) is 2.39. The van der Waals surface area contributed by atoms with Crippen LogP contribution in [0.2, 0.25) is 0 Å². The van der Waals surface area contributed by atoms with E-state index in [4.69, 9.17) is 15.2 Å². The van der Waals surface area contributed by atoms with Gasteiger partial charge in [-0.05, 0) is 25.0 Å². The number of hydrogen-bond acceptors (Lipinski definition) is 3. The van der Waals surface area contributed by atoms with Crippen LogP contribution in [0.4, 0.5) is 5.69 Å². The topological polar surface area (TPSA) is 44.5 Å². The summed E-state index contributed by atoms with van der Waals surface area (Å²) in [4.78, 5) is 0. The average molecular weight is 193 g/mol. The van der Waals surface area contributed by atoms with Gasteiger partial charge in [-0.25, -0.2) is 0 Å². The number of nitrogen functional groups attached to an aromatic ring is 1. The maximum absolute atomic E-state index is 5.73. The fourth-order valence-electron chi connectivity index (χ4n) is 1.58. The van der Waals surface area contributed by atoms with Crippen molar-refractivity contribution in [3.63, 3.8) is 0 Å². The predicted octanol–water partition coefficient (Wildman–Crippen LogP) is 1.83. The number of hydrogen-bond donors (Lipinski definition) is 1. The standard InChI is InChI=1S/C11H15NO2/c12-9-3-1-4-10(7-9)14-11-5-2-6-13-8-11/h1,3-4,7,11H,2,5-6,8,12H2. The molecule has 2 N–H and O–H groups in total. The van der Waals surface area contributed by atoms with Gasteiger partial charge in [0, 0.05) is 18.4 Å². The van der Waals surface area contributed by atoms with Crippen molar-refractivity contribution in [2.24, 2.45) is 0 Å². The minimum atomic E-state index is 0.186. The van der Waals surface area contributed by atoms with Crippen LogP contribution in [-0.2, 0) is 4.74 Å². The van der Waals surface area contributed by atoms with Gasteiger partial charge >= 0.3 is 0 Å². The lowest BCUT2D eigenvalue weighted by Gasteiger charge is -2.23. The average Bonchev–Trinajstić information content (AvgIpc) is 2.19. The monoisotopic (exact) mass is 193 g/mol. The van der Waals surface area contributed by atoms with E-state index in [1.54, 1.807) is 0 Å². The number of anilines is 1. The van der Waals surface area contributed by atoms with Gasteiger partial charge < -0.3 is 15.2 Å². The van der Waals surface area contributed by atoms with Crippen molar-refractivity contribution >= 4 is 5.69 Å². The smallest absolute Gasteiger partial charge is 0.122 e. The first-order valence-electron chi connectivity index (χ1n) is 4.94. The Morgan fingerprint density at radius 1 is 1.43 bits per heavy atom. The summed E-state index contributed by atoms with van der Waals surface area (Å²) in [6.45, 7) is 1.55. The molecule has 0 aromatic heterocycles. The summed E-state index contributed by atoms with van der Waals surface area (Å²) in [5.41, 5.74) is 6.39. The fraction of sp³-hybridized carbons (Fsp3) is 0.455. The van der Waals surface area contributed by atoms with Crippen LogP contribution in [0.1, 0.15) is 12.8 Å². The second kappa shape index (κ2) is 4.33. The summed E-state index contributed by atoms with van der Waals surface area (Å²) in [7, 11) is 0. The van der Waals surface area contributed by atoms with E-state index < -0.39 is 0 Å². The van der Waals surface area contributed by atoms with Crippen LogP contribution in [0, 0.1) is 0 Å². The zero-order valence-electron chi connectivity index (χ0n) is 8.11. The van der Waals surface area contributed by atoms with Crippen molar-refractivity contribution < 1.29 is 9.47 Å². The van der Waals surface area contributed by atoms with Gasteiger partial charge in [-0.2, -0.15) is 0 Å². The first kappa shape index (κ1) is 9.34. The van der Waals surface area contributed by atoms with E-state index in [0.29, 0.717) is 6.61 Å². The van der Waals surface area contributed by atoms with E-state index in [1.165, 1.54) is 0 Å². The molecule has 3 heteroatoms. The van der Waals surface area contributed by atoms with Crippen molar-refractivity contribution in [1.29, 1.82) is 0 Å². The minimum Gasteiger partial charge on any atom is -0.488 e. The SMILES string of the molecule is Nc1cccc(OC2CCCOC2)c1. The summed E-state index contributed by atoms with van der Waals surface area (Å²) in [5.74, 6) is 0.834. The van der Waals surface area contributed by atoms with Crippen LogP contribution in [0.25, 0.3) is 0 Å². The Kier molecular flexibility index (Phi) is 2.89. The Balaban J connectivity index is 1.95. The van der Waals surface area contributed by atoms with Crippen molar-refractivity contribution in [2.45, 2.75) is 18.9 Å². The quantitative estimate of drug-likeness (QED) is 0.729. The van der Waals surface area contributed by atoms with Crippen molar-refractivity contribution in [2.75, 3.05) is 18.9 Å². The number of rotatable bonds is 2. The van der Waals surface area contributed by atoms with Gasteiger partial charge in [0.2, 0.25) is 0 Å². The Hall–Kier alpha value is -1.22. The van der Waals surface area contributed by atoms with Gasteiger partial charge in [0.15, 0.2) is 0 Å². The van der Waals surface area contributed by atoms with E-state index in [0.717, 1.165) is 30.9 Å². The Labute approximate surface area is 83.8 Å². The zero-order chi connectivity index (χ0) is 9.80. The zero-order valence-corrected chi connectivity index (χ0v) is 8.11. The maximum atomic E-state index is 5.73. The molecule has 3 nitrogen and oxygen atoms in total. The van der Waals surface area contributed by atoms with Gasteiger partial charge in [0.25, 0.3) is 0 Å². The molecule has 14 heavy (non-hydrogen) atoms. The summed E-state index contributed by atoms with van der Waals surface area (Å²) < 4.78 is 11.1. The molecule has 0 bridgehead atoms. The Morgan fingerprint density at radius 2 is 2.36 bits per heavy atom. The first-order chi connectivity index (χ1) is 6.84. The molecule has 1 aliphatic rings. The molecular formula is C11H15NO2. The molecule has 76 valence electrons. The summed E-state index contributed by atoms with van der Waals surface area (Å²) in [5, 5.41) is 0. The van der Waals surface area contributed by atoms with Crippen molar-refractivity contribution in [3.05, 3.63) is 24.3 Å². The van der Waals surface area contributed by atoms with Gasteiger partial charge in [-0.1, -0.05) is 6.07 Å². The minimum absolute atomic E-state index is 0.186. The van der Waals surface area contributed by atoms with Gasteiger partial charge in [-0.15, -0.1) is 0 Å². The van der Waals surface area contributed by atoms with Crippen LogP contribution in [0.15, 0.2) is 24.3 Å². The highest BCUT2D eigenvalue weighted by atomic mass is 16.5. The lowest BCUT2D eigenvalue weighted by molar-refractivity contribution is 0.00746. The van der Waals surface area contributed by atoms with E-state index in [1.807, 2.05) is 24.3 Å². The highest BCUT2D eigenvalue weighted by Gasteiger charge is 2.14. The molecule has 1 unspecified atom stereocenters. The molecule has 0 spiro atoms. The summed E-state index contributed by atoms with van der Waals surface area (Å²) in [6, 6.07) is 7.51. The van der Waals surface area contributed by atoms with Crippen molar-refractivity contribution in [1.82, 2.24) is 0 Å². The largest absolute Gasteiger partial charge is 0.488 e. The van der Waals surface area contributed by atoms with Crippen LogP contribution in [-0.4, -0.2) is 19.3 Å². The molecule has 1 aromatic carbocycles. The second-order valence-corrected chi connectivity index (χ2v) is 3.53. The number of benzene rings is 1. The summed E-state index contributed by atoms with van der Waals surface area (Å²) in [6.07, 6.45) is 2.33. The number of nitrogens with two attached hydrogens (primary N) is 1. The van der Waals surface area contributed by atoms with Gasteiger partial charge in [0.1, 0.15) is 11.9 Å². The third-order valence-electron chi connectivity index (χ3n) is 2.28. The molecule has 1 heterocycles. The molecule has 1 atom stereocenters. The first-order valence-corrected chi connectivity index (χ1v) is 4.94. The highest BCUT2D eigenvalue weighted by Crippen LogP contribution is 2.19. The highest BCUT2D eigenvalue weighted by molar-refractivity contribution is 5.43. The van der Waals surface area contributed by atoms with E-state index >= 15 is 0 Å². The molecule has 2 rings (SSSR count).